The number of carbonyl (C=O) groups excluding carboxylic acids is 1. The number of nitrogens with zero attached hydrogens (tertiary/aromatic N) is 4. The molecule has 1 unspecified atom stereocenters. The monoisotopic (exact) mass is 268 g/mol. The molecule has 102 valence electrons. The fourth-order valence-electron chi connectivity index (χ4n) is 2.56. The summed E-state index contributed by atoms with van der Waals surface area (Å²) < 4.78 is 0. The number of carbonyl (C=O) groups is 1. The van der Waals surface area contributed by atoms with Gasteiger partial charge in [0.05, 0.1) is 0 Å². The summed E-state index contributed by atoms with van der Waals surface area (Å²) in [4.78, 5) is 18.3. The predicted octanol–water partition coefficient (Wildman–Crippen LogP) is 2.50. The Balaban J connectivity index is 2.09. The first-order valence-electron chi connectivity index (χ1n) is 6.54. The standard InChI is InChI=1S/C15H16N4O/c1-10-9-11(2)18-14(13-7-5-4-6-8-13)19(12(3)20)17-15(18)16-10/h4-9,14H,1-3H3. The molecule has 0 aromatic heterocycles. The number of hydrogen-bond donors (Lipinski definition) is 0. The van der Waals surface area contributed by atoms with Gasteiger partial charge in [-0.3, -0.25) is 9.69 Å². The quantitative estimate of drug-likeness (QED) is 0.785. The largest absolute Gasteiger partial charge is 0.286 e. The van der Waals surface area contributed by atoms with Crippen molar-refractivity contribution in [3.05, 3.63) is 47.7 Å². The van der Waals surface area contributed by atoms with E-state index in [0.717, 1.165) is 17.0 Å². The molecule has 2 aliphatic rings. The molecule has 5 nitrogen and oxygen atoms in total. The molecule has 0 saturated carbocycles. The van der Waals surface area contributed by atoms with E-state index >= 15 is 0 Å². The van der Waals surface area contributed by atoms with E-state index in [1.807, 2.05) is 55.2 Å². The van der Waals surface area contributed by atoms with E-state index in [2.05, 4.69) is 10.1 Å². The minimum Gasteiger partial charge on any atom is -0.286 e. The lowest BCUT2D eigenvalue weighted by atomic mass is 10.1. The van der Waals surface area contributed by atoms with Crippen LogP contribution in [0.5, 0.6) is 0 Å². The Kier molecular flexibility index (Phi) is 2.89. The molecular formula is C15H16N4O. The van der Waals surface area contributed by atoms with Gasteiger partial charge in [-0.1, -0.05) is 30.3 Å². The molecule has 0 spiro atoms. The van der Waals surface area contributed by atoms with E-state index in [-0.39, 0.29) is 12.1 Å². The van der Waals surface area contributed by atoms with Gasteiger partial charge in [0.25, 0.3) is 0 Å². The zero-order valence-corrected chi connectivity index (χ0v) is 11.7. The van der Waals surface area contributed by atoms with Gasteiger partial charge in [0, 0.05) is 18.3 Å². The van der Waals surface area contributed by atoms with Gasteiger partial charge in [0.15, 0.2) is 6.17 Å². The van der Waals surface area contributed by atoms with Gasteiger partial charge in [-0.25, -0.2) is 10.0 Å². The molecule has 5 heteroatoms. The first-order valence-corrected chi connectivity index (χ1v) is 6.54. The molecule has 1 aromatic rings. The molecule has 1 atom stereocenters. The summed E-state index contributed by atoms with van der Waals surface area (Å²) >= 11 is 0. The van der Waals surface area contributed by atoms with Crippen LogP contribution < -0.4 is 0 Å². The molecule has 0 bridgehead atoms. The van der Waals surface area contributed by atoms with E-state index in [1.165, 1.54) is 11.9 Å². The first-order chi connectivity index (χ1) is 9.58. The highest BCUT2D eigenvalue weighted by molar-refractivity contribution is 6.06. The second-order valence-electron chi connectivity index (χ2n) is 4.96. The van der Waals surface area contributed by atoms with Crippen molar-refractivity contribution in [2.75, 3.05) is 0 Å². The zero-order valence-electron chi connectivity index (χ0n) is 11.7. The Bertz CT molecular complexity index is 645. The van der Waals surface area contributed by atoms with E-state index < -0.39 is 0 Å². The highest BCUT2D eigenvalue weighted by atomic mass is 16.2. The number of hydrogen-bond acceptors (Lipinski definition) is 4. The van der Waals surface area contributed by atoms with E-state index in [4.69, 9.17) is 0 Å². The maximum absolute atomic E-state index is 11.9. The Hall–Kier alpha value is -2.43. The van der Waals surface area contributed by atoms with Gasteiger partial charge < -0.3 is 0 Å². The van der Waals surface area contributed by atoms with Crippen LogP contribution in [0.2, 0.25) is 0 Å². The predicted molar refractivity (Wildman–Crippen MR) is 77.8 cm³/mol. The average Bonchev–Trinajstić information content (AvgIpc) is 2.79. The Morgan fingerprint density at radius 1 is 1.20 bits per heavy atom. The summed E-state index contributed by atoms with van der Waals surface area (Å²) in [6, 6.07) is 9.88. The number of guanidine groups is 1. The number of fused-ring (bicyclic) bond motifs is 1. The van der Waals surface area contributed by atoms with Gasteiger partial charge in [-0.15, -0.1) is 5.10 Å². The molecular weight excluding hydrogens is 252 g/mol. The zero-order chi connectivity index (χ0) is 14.3. The van der Waals surface area contributed by atoms with Crippen LogP contribution in [0.25, 0.3) is 0 Å². The molecule has 0 radical (unpaired) electrons. The number of rotatable bonds is 1. The number of allylic oxidation sites excluding steroid dienone is 2. The van der Waals surface area contributed by atoms with Crippen molar-refractivity contribution in [2.24, 2.45) is 10.1 Å². The molecule has 0 saturated heterocycles. The molecule has 0 N–H and O–H groups in total. The van der Waals surface area contributed by atoms with Crippen LogP contribution >= 0.6 is 0 Å². The van der Waals surface area contributed by atoms with Crippen molar-refractivity contribution in [1.82, 2.24) is 9.91 Å². The number of benzene rings is 1. The topological polar surface area (TPSA) is 48.3 Å². The second-order valence-corrected chi connectivity index (χ2v) is 4.96. The molecule has 2 heterocycles. The SMILES string of the molecule is CC(=O)N1N=C2N=C(C)C=C(C)N2C1c1ccccc1. The van der Waals surface area contributed by atoms with Crippen molar-refractivity contribution in [3.8, 4) is 0 Å². The van der Waals surface area contributed by atoms with Crippen LogP contribution in [-0.2, 0) is 4.79 Å². The summed E-state index contributed by atoms with van der Waals surface area (Å²) in [6.07, 6.45) is 1.75. The third-order valence-corrected chi connectivity index (χ3v) is 3.38. The normalized spacial score (nSPS) is 21.1. The lowest BCUT2D eigenvalue weighted by molar-refractivity contribution is -0.132. The van der Waals surface area contributed by atoms with E-state index in [9.17, 15) is 4.79 Å². The maximum atomic E-state index is 11.9. The van der Waals surface area contributed by atoms with Gasteiger partial charge in [0.2, 0.25) is 11.9 Å². The lowest BCUT2D eigenvalue weighted by Gasteiger charge is -2.31. The van der Waals surface area contributed by atoms with Gasteiger partial charge in [-0.05, 0) is 25.5 Å². The summed E-state index contributed by atoms with van der Waals surface area (Å²) in [5.41, 5.74) is 2.95. The number of aliphatic imine (C=N–C) groups is 1. The van der Waals surface area contributed by atoms with Crippen molar-refractivity contribution in [2.45, 2.75) is 26.9 Å². The average molecular weight is 268 g/mol. The molecule has 2 aliphatic heterocycles. The molecule has 1 amide bonds. The van der Waals surface area contributed by atoms with Crippen LogP contribution in [-0.4, -0.2) is 27.5 Å². The summed E-state index contributed by atoms with van der Waals surface area (Å²) in [5.74, 6) is 0.480. The van der Waals surface area contributed by atoms with Crippen molar-refractivity contribution < 1.29 is 4.79 Å². The fourth-order valence-corrected chi connectivity index (χ4v) is 2.56. The van der Waals surface area contributed by atoms with Crippen molar-refractivity contribution in [1.29, 1.82) is 0 Å². The van der Waals surface area contributed by atoms with Gasteiger partial charge >= 0.3 is 0 Å². The Labute approximate surface area is 117 Å². The minimum absolute atomic E-state index is 0.0959. The van der Waals surface area contributed by atoms with Crippen LogP contribution in [0.3, 0.4) is 0 Å². The third-order valence-electron chi connectivity index (χ3n) is 3.38. The molecule has 1 aromatic carbocycles. The Morgan fingerprint density at radius 2 is 1.90 bits per heavy atom. The lowest BCUT2D eigenvalue weighted by Crippen LogP contribution is -2.36. The van der Waals surface area contributed by atoms with Crippen LogP contribution in [0.4, 0.5) is 0 Å². The summed E-state index contributed by atoms with van der Waals surface area (Å²) in [5, 5.41) is 5.86. The van der Waals surface area contributed by atoms with Crippen LogP contribution in [0.15, 0.2) is 52.2 Å². The smallest absolute Gasteiger partial charge is 0.249 e. The number of hydrazone groups is 1. The third kappa shape index (κ3) is 1.91. The maximum Gasteiger partial charge on any atom is 0.249 e. The highest BCUT2D eigenvalue weighted by Gasteiger charge is 2.39. The van der Waals surface area contributed by atoms with Gasteiger partial charge in [-0.2, -0.15) is 0 Å². The van der Waals surface area contributed by atoms with E-state index in [1.54, 1.807) is 0 Å². The molecule has 0 fully saturated rings. The van der Waals surface area contributed by atoms with Crippen LogP contribution in [0, 0.1) is 0 Å². The highest BCUT2D eigenvalue weighted by Crippen LogP contribution is 2.35. The Morgan fingerprint density at radius 3 is 2.55 bits per heavy atom. The number of amides is 1. The van der Waals surface area contributed by atoms with Crippen LogP contribution in [0.1, 0.15) is 32.5 Å². The summed E-state index contributed by atoms with van der Waals surface area (Å²) in [7, 11) is 0. The summed E-state index contributed by atoms with van der Waals surface area (Å²) in [6.45, 7) is 5.46. The van der Waals surface area contributed by atoms with E-state index in [0.29, 0.717) is 5.96 Å². The molecule has 0 aliphatic carbocycles. The van der Waals surface area contributed by atoms with Gasteiger partial charge in [0.1, 0.15) is 0 Å². The minimum atomic E-state index is -0.253. The second kappa shape index (κ2) is 4.59. The van der Waals surface area contributed by atoms with Crippen molar-refractivity contribution in [3.63, 3.8) is 0 Å². The first kappa shape index (κ1) is 12.6. The molecule has 20 heavy (non-hydrogen) atoms. The molecule has 3 rings (SSSR count). The van der Waals surface area contributed by atoms with Crippen molar-refractivity contribution >= 4 is 17.6 Å². The fraction of sp³-hybridized carbons (Fsp3) is 0.267.